The quantitative estimate of drug-likeness (QED) is 0.539. The smallest absolute Gasteiger partial charge is 0.240 e. The van der Waals surface area contributed by atoms with Gasteiger partial charge in [0.05, 0.1) is 5.71 Å². The van der Waals surface area contributed by atoms with Crippen molar-refractivity contribution < 1.29 is 4.79 Å². The SMILES string of the molecule is CC(=NNC(=O)CCCc1cc2ccccc2[nH]1)c1ccncc1. The van der Waals surface area contributed by atoms with Crippen molar-refractivity contribution in [2.24, 2.45) is 5.10 Å². The second-order valence-corrected chi connectivity index (χ2v) is 5.70. The molecule has 3 rings (SSSR count). The summed E-state index contributed by atoms with van der Waals surface area (Å²) in [5.41, 5.74) is 6.61. The highest BCUT2D eigenvalue weighted by atomic mass is 16.2. The molecule has 0 aliphatic carbocycles. The van der Waals surface area contributed by atoms with E-state index in [1.165, 1.54) is 5.39 Å². The molecule has 0 bridgehead atoms. The van der Waals surface area contributed by atoms with Gasteiger partial charge in [0.15, 0.2) is 0 Å². The molecule has 24 heavy (non-hydrogen) atoms. The number of hydrogen-bond acceptors (Lipinski definition) is 3. The minimum absolute atomic E-state index is 0.0699. The van der Waals surface area contributed by atoms with Crippen LogP contribution < -0.4 is 5.43 Å². The van der Waals surface area contributed by atoms with Gasteiger partial charge < -0.3 is 4.98 Å². The Bertz CT molecular complexity index is 819. The van der Waals surface area contributed by atoms with Gasteiger partial charge in [-0.2, -0.15) is 5.10 Å². The number of carbonyl (C=O) groups excluding carboxylic acids is 1. The van der Waals surface area contributed by atoms with Crippen LogP contribution in [0.3, 0.4) is 0 Å². The van der Waals surface area contributed by atoms with E-state index in [2.05, 4.69) is 38.7 Å². The van der Waals surface area contributed by atoms with E-state index >= 15 is 0 Å². The number of rotatable bonds is 6. The monoisotopic (exact) mass is 320 g/mol. The van der Waals surface area contributed by atoms with Crippen LogP contribution in [0.15, 0.2) is 60.0 Å². The summed E-state index contributed by atoms with van der Waals surface area (Å²) in [6.45, 7) is 1.86. The molecule has 0 aliphatic rings. The van der Waals surface area contributed by atoms with Crippen LogP contribution in [0.5, 0.6) is 0 Å². The number of hydrogen-bond donors (Lipinski definition) is 2. The van der Waals surface area contributed by atoms with E-state index < -0.39 is 0 Å². The van der Waals surface area contributed by atoms with Gasteiger partial charge in [0, 0.05) is 35.6 Å². The molecule has 2 N–H and O–H groups in total. The topological polar surface area (TPSA) is 70.1 Å². The van der Waals surface area contributed by atoms with Crippen molar-refractivity contribution in [3.8, 4) is 0 Å². The number of aryl methyl sites for hydroxylation is 1. The van der Waals surface area contributed by atoms with E-state index in [1.54, 1.807) is 12.4 Å². The zero-order chi connectivity index (χ0) is 16.8. The van der Waals surface area contributed by atoms with Crippen LogP contribution in [0.25, 0.3) is 10.9 Å². The molecule has 5 heteroatoms. The van der Waals surface area contributed by atoms with Gasteiger partial charge in [-0.15, -0.1) is 0 Å². The molecule has 0 saturated heterocycles. The summed E-state index contributed by atoms with van der Waals surface area (Å²) in [6.07, 6.45) is 5.48. The molecule has 0 saturated carbocycles. The second-order valence-electron chi connectivity index (χ2n) is 5.70. The molecule has 0 atom stereocenters. The van der Waals surface area contributed by atoms with Crippen molar-refractivity contribution in [2.75, 3.05) is 0 Å². The molecule has 5 nitrogen and oxygen atoms in total. The minimum Gasteiger partial charge on any atom is -0.358 e. The van der Waals surface area contributed by atoms with E-state index in [0.717, 1.165) is 35.3 Å². The highest BCUT2D eigenvalue weighted by Gasteiger charge is 2.04. The van der Waals surface area contributed by atoms with Crippen molar-refractivity contribution in [2.45, 2.75) is 26.2 Å². The summed E-state index contributed by atoms with van der Waals surface area (Å²) >= 11 is 0. The molecule has 0 aliphatic heterocycles. The summed E-state index contributed by atoms with van der Waals surface area (Å²) < 4.78 is 0. The molecular weight excluding hydrogens is 300 g/mol. The molecule has 1 amide bonds. The Labute approximate surface area is 140 Å². The average Bonchev–Trinajstić information content (AvgIpc) is 3.03. The van der Waals surface area contributed by atoms with Gasteiger partial charge in [-0.25, -0.2) is 5.43 Å². The Morgan fingerprint density at radius 2 is 2.00 bits per heavy atom. The van der Waals surface area contributed by atoms with Gasteiger partial charge >= 0.3 is 0 Å². The van der Waals surface area contributed by atoms with E-state index in [9.17, 15) is 4.79 Å². The maximum atomic E-state index is 11.9. The van der Waals surface area contributed by atoms with Crippen molar-refractivity contribution in [3.63, 3.8) is 0 Å². The Balaban J connectivity index is 1.47. The van der Waals surface area contributed by atoms with Crippen LogP contribution in [0.1, 0.15) is 31.0 Å². The van der Waals surface area contributed by atoms with Gasteiger partial charge in [-0.05, 0) is 49.4 Å². The lowest BCUT2D eigenvalue weighted by Crippen LogP contribution is -2.19. The van der Waals surface area contributed by atoms with Gasteiger partial charge in [-0.1, -0.05) is 18.2 Å². The van der Waals surface area contributed by atoms with Crippen LogP contribution in [0.2, 0.25) is 0 Å². The molecule has 0 fully saturated rings. The maximum absolute atomic E-state index is 11.9. The molecule has 0 spiro atoms. The van der Waals surface area contributed by atoms with E-state index in [0.29, 0.717) is 6.42 Å². The van der Waals surface area contributed by atoms with E-state index in [-0.39, 0.29) is 5.91 Å². The fraction of sp³-hybridized carbons (Fsp3) is 0.211. The lowest BCUT2D eigenvalue weighted by molar-refractivity contribution is -0.121. The predicted octanol–water partition coefficient (Wildman–Crippen LogP) is 3.43. The molecule has 0 radical (unpaired) electrons. The molecule has 0 unspecified atom stereocenters. The fourth-order valence-electron chi connectivity index (χ4n) is 2.57. The number of nitrogens with zero attached hydrogens (tertiary/aromatic N) is 2. The van der Waals surface area contributed by atoms with Crippen LogP contribution >= 0.6 is 0 Å². The average molecular weight is 320 g/mol. The summed E-state index contributed by atoms with van der Waals surface area (Å²) in [5, 5.41) is 5.34. The lowest BCUT2D eigenvalue weighted by Gasteiger charge is -2.02. The van der Waals surface area contributed by atoms with Crippen molar-refractivity contribution >= 4 is 22.5 Å². The Hall–Kier alpha value is -2.95. The first kappa shape index (κ1) is 15.9. The first-order chi connectivity index (χ1) is 11.7. The standard InChI is InChI=1S/C19H20N4O/c1-14(15-9-11-20-12-10-15)22-23-19(24)8-4-6-17-13-16-5-2-3-7-18(16)21-17/h2-3,5,7,9-13,21H,4,6,8H2,1H3,(H,23,24). The van der Waals surface area contributed by atoms with Gasteiger partial charge in [0.25, 0.3) is 0 Å². The first-order valence-electron chi connectivity index (χ1n) is 8.02. The Morgan fingerprint density at radius 3 is 2.79 bits per heavy atom. The number of carbonyl (C=O) groups is 1. The van der Waals surface area contributed by atoms with Gasteiger partial charge in [0.1, 0.15) is 0 Å². The van der Waals surface area contributed by atoms with Gasteiger partial charge in [-0.3, -0.25) is 9.78 Å². The highest BCUT2D eigenvalue weighted by molar-refractivity contribution is 5.99. The molecule has 122 valence electrons. The lowest BCUT2D eigenvalue weighted by atomic mass is 10.2. The first-order valence-corrected chi connectivity index (χ1v) is 8.02. The largest absolute Gasteiger partial charge is 0.358 e. The number of fused-ring (bicyclic) bond motifs is 1. The number of H-pyrrole nitrogens is 1. The van der Waals surface area contributed by atoms with Crippen molar-refractivity contribution in [3.05, 3.63) is 66.1 Å². The second kappa shape index (κ2) is 7.55. The number of benzene rings is 1. The predicted molar refractivity (Wildman–Crippen MR) is 95.8 cm³/mol. The number of pyridine rings is 1. The zero-order valence-electron chi connectivity index (χ0n) is 13.6. The Morgan fingerprint density at radius 1 is 1.21 bits per heavy atom. The maximum Gasteiger partial charge on any atom is 0.240 e. The molecule has 2 aromatic heterocycles. The number of hydrazone groups is 1. The number of amides is 1. The van der Waals surface area contributed by atoms with Crippen LogP contribution in [-0.2, 0) is 11.2 Å². The third-order valence-electron chi connectivity index (χ3n) is 3.88. The summed E-state index contributed by atoms with van der Waals surface area (Å²) in [7, 11) is 0. The number of nitrogens with one attached hydrogen (secondary N) is 2. The summed E-state index contributed by atoms with van der Waals surface area (Å²) in [5.74, 6) is -0.0699. The fourth-order valence-corrected chi connectivity index (χ4v) is 2.57. The number of aromatic nitrogens is 2. The van der Waals surface area contributed by atoms with E-state index in [4.69, 9.17) is 0 Å². The van der Waals surface area contributed by atoms with Crippen LogP contribution in [0.4, 0.5) is 0 Å². The summed E-state index contributed by atoms with van der Waals surface area (Å²) in [6, 6.07) is 14.0. The third kappa shape index (κ3) is 4.07. The van der Waals surface area contributed by atoms with Crippen molar-refractivity contribution in [1.82, 2.24) is 15.4 Å². The Kier molecular flexibility index (Phi) is 5.01. The zero-order valence-corrected chi connectivity index (χ0v) is 13.6. The summed E-state index contributed by atoms with van der Waals surface area (Å²) in [4.78, 5) is 19.2. The molecule has 2 heterocycles. The molecular formula is C19H20N4O. The van der Waals surface area contributed by atoms with Crippen LogP contribution in [-0.4, -0.2) is 21.6 Å². The normalized spacial score (nSPS) is 11.6. The van der Waals surface area contributed by atoms with E-state index in [1.807, 2.05) is 31.2 Å². The van der Waals surface area contributed by atoms with Gasteiger partial charge in [0.2, 0.25) is 5.91 Å². The number of para-hydroxylation sites is 1. The van der Waals surface area contributed by atoms with Crippen molar-refractivity contribution in [1.29, 1.82) is 0 Å². The number of aromatic amines is 1. The highest BCUT2D eigenvalue weighted by Crippen LogP contribution is 2.16. The van der Waals surface area contributed by atoms with Crippen LogP contribution in [0, 0.1) is 0 Å². The molecule has 1 aromatic carbocycles. The third-order valence-corrected chi connectivity index (χ3v) is 3.88. The minimum atomic E-state index is -0.0699. The molecule has 3 aromatic rings.